The number of allylic oxidation sites excluding steroid dienone is 2. The van der Waals surface area contributed by atoms with Crippen molar-refractivity contribution in [2.45, 2.75) is 19.3 Å². The minimum atomic E-state index is -0.263. The molecule has 1 aliphatic rings. The lowest BCUT2D eigenvalue weighted by molar-refractivity contribution is -0.116. The fourth-order valence-corrected chi connectivity index (χ4v) is 2.72. The van der Waals surface area contributed by atoms with Crippen LogP contribution >= 0.6 is 11.6 Å². The summed E-state index contributed by atoms with van der Waals surface area (Å²) in [5.41, 5.74) is 0.968. The quantitative estimate of drug-likeness (QED) is 0.594. The number of methoxy groups -OCH3 is 1. The van der Waals surface area contributed by atoms with Crippen LogP contribution in [0.1, 0.15) is 29.6 Å². The van der Waals surface area contributed by atoms with Gasteiger partial charge in [-0.1, -0.05) is 23.8 Å². The second kappa shape index (κ2) is 8.70. The molecule has 0 aromatic heterocycles. The Labute approximate surface area is 141 Å². The van der Waals surface area contributed by atoms with Gasteiger partial charge in [-0.3, -0.25) is 9.59 Å². The number of ether oxygens (including phenoxy) is 1. The number of rotatable bonds is 7. The van der Waals surface area contributed by atoms with E-state index >= 15 is 0 Å². The molecule has 0 saturated carbocycles. The number of carbonyl (C=O) groups is 2. The van der Waals surface area contributed by atoms with Crippen LogP contribution in [0.2, 0.25) is 5.02 Å². The predicted molar refractivity (Wildman–Crippen MR) is 90.8 cm³/mol. The smallest absolute Gasteiger partial charge is 0.252 e. The largest absolute Gasteiger partial charge is 0.383 e. The van der Waals surface area contributed by atoms with E-state index in [-0.39, 0.29) is 11.8 Å². The number of benzene rings is 1. The van der Waals surface area contributed by atoms with Gasteiger partial charge < -0.3 is 15.4 Å². The fourth-order valence-electron chi connectivity index (χ4n) is 2.45. The van der Waals surface area contributed by atoms with E-state index in [4.69, 9.17) is 16.3 Å². The number of anilines is 1. The maximum atomic E-state index is 12.0. The van der Waals surface area contributed by atoms with Crippen LogP contribution in [0.3, 0.4) is 0 Å². The van der Waals surface area contributed by atoms with Crippen molar-refractivity contribution < 1.29 is 14.3 Å². The van der Waals surface area contributed by atoms with Gasteiger partial charge in [0.05, 0.1) is 17.2 Å². The number of nitrogens with one attached hydrogen (secondary N) is 2. The Balaban J connectivity index is 1.91. The third-order valence-corrected chi connectivity index (χ3v) is 3.96. The van der Waals surface area contributed by atoms with Crippen molar-refractivity contribution in [1.82, 2.24) is 5.32 Å². The van der Waals surface area contributed by atoms with Crippen LogP contribution in [0.4, 0.5) is 5.69 Å². The lowest BCUT2D eigenvalue weighted by atomic mass is 10.0. The summed E-state index contributed by atoms with van der Waals surface area (Å²) < 4.78 is 4.88. The molecule has 0 spiro atoms. The molecule has 1 aliphatic carbocycles. The molecule has 0 radical (unpaired) electrons. The Morgan fingerprint density at radius 1 is 1.39 bits per heavy atom. The molecule has 0 saturated heterocycles. The van der Waals surface area contributed by atoms with Crippen molar-refractivity contribution in [1.29, 1.82) is 0 Å². The average Bonchev–Trinajstić information content (AvgIpc) is 3.00. The Bertz CT molecular complexity index is 602. The van der Waals surface area contributed by atoms with Crippen molar-refractivity contribution in [3.63, 3.8) is 0 Å². The maximum absolute atomic E-state index is 12.0. The third-order valence-electron chi connectivity index (χ3n) is 3.65. The topological polar surface area (TPSA) is 67.4 Å². The Hall–Kier alpha value is -1.85. The summed E-state index contributed by atoms with van der Waals surface area (Å²) in [5, 5.41) is 5.83. The first-order chi connectivity index (χ1) is 11.1. The molecule has 6 heteroatoms. The van der Waals surface area contributed by atoms with Gasteiger partial charge >= 0.3 is 0 Å². The molecular formula is C17H21ClN2O3. The van der Waals surface area contributed by atoms with Crippen LogP contribution in [-0.2, 0) is 9.53 Å². The van der Waals surface area contributed by atoms with E-state index in [0.717, 1.165) is 12.8 Å². The molecule has 1 aromatic rings. The maximum Gasteiger partial charge on any atom is 0.252 e. The Morgan fingerprint density at radius 3 is 2.87 bits per heavy atom. The lowest BCUT2D eigenvalue weighted by Crippen LogP contribution is -2.27. The molecule has 0 aliphatic heterocycles. The average molecular weight is 337 g/mol. The minimum Gasteiger partial charge on any atom is -0.383 e. The van der Waals surface area contributed by atoms with Crippen molar-refractivity contribution in [3.8, 4) is 0 Å². The van der Waals surface area contributed by atoms with Gasteiger partial charge in [-0.2, -0.15) is 0 Å². The van der Waals surface area contributed by atoms with Gasteiger partial charge in [0.1, 0.15) is 0 Å². The van der Waals surface area contributed by atoms with Crippen LogP contribution in [0.5, 0.6) is 0 Å². The van der Waals surface area contributed by atoms with E-state index in [0.29, 0.717) is 41.8 Å². The van der Waals surface area contributed by atoms with Gasteiger partial charge in [0.15, 0.2) is 0 Å². The first-order valence-electron chi connectivity index (χ1n) is 7.63. The first kappa shape index (κ1) is 17.5. The van der Waals surface area contributed by atoms with Gasteiger partial charge in [-0.05, 0) is 37.0 Å². The molecule has 23 heavy (non-hydrogen) atoms. The summed E-state index contributed by atoms with van der Waals surface area (Å²) in [6.45, 7) is 0.853. The van der Waals surface area contributed by atoms with Crippen molar-refractivity contribution in [2.24, 2.45) is 5.92 Å². The molecule has 0 unspecified atom stereocenters. The van der Waals surface area contributed by atoms with Crippen molar-refractivity contribution >= 4 is 29.1 Å². The zero-order valence-electron chi connectivity index (χ0n) is 13.1. The molecule has 2 amide bonds. The third kappa shape index (κ3) is 5.37. The van der Waals surface area contributed by atoms with Crippen LogP contribution in [0.25, 0.3) is 0 Å². The first-order valence-corrected chi connectivity index (χ1v) is 8.01. The number of carbonyl (C=O) groups excluding carboxylic acids is 2. The molecule has 2 rings (SSSR count). The molecule has 0 heterocycles. The number of hydrogen-bond acceptors (Lipinski definition) is 3. The molecule has 0 bridgehead atoms. The van der Waals surface area contributed by atoms with E-state index in [2.05, 4.69) is 22.8 Å². The standard InChI is InChI=1S/C17H21ClN2O3/c1-23-9-8-19-17(22)14-7-6-13(11-15(14)18)20-16(21)10-12-4-2-3-5-12/h2,4,6-7,11-12H,3,5,8-10H2,1H3,(H,19,22)(H,20,21)/t12-/m0/s1. The second-order valence-electron chi connectivity index (χ2n) is 5.46. The number of halogens is 1. The van der Waals surface area contributed by atoms with Crippen LogP contribution in [0, 0.1) is 5.92 Å². The molecular weight excluding hydrogens is 316 g/mol. The van der Waals surface area contributed by atoms with Crippen molar-refractivity contribution in [3.05, 3.63) is 40.9 Å². The Morgan fingerprint density at radius 2 is 2.22 bits per heavy atom. The zero-order chi connectivity index (χ0) is 16.7. The van der Waals surface area contributed by atoms with Gasteiger partial charge in [0, 0.05) is 25.8 Å². The summed E-state index contributed by atoms with van der Waals surface area (Å²) in [6.07, 6.45) is 6.71. The van der Waals surface area contributed by atoms with Gasteiger partial charge in [-0.15, -0.1) is 0 Å². The van der Waals surface area contributed by atoms with Gasteiger partial charge in [0.25, 0.3) is 5.91 Å². The SMILES string of the molecule is COCCNC(=O)c1ccc(NC(=O)C[C@H]2C=CCC2)cc1Cl. The highest BCUT2D eigenvalue weighted by Gasteiger charge is 2.15. The lowest BCUT2D eigenvalue weighted by Gasteiger charge is -2.11. The van der Waals surface area contributed by atoms with E-state index in [1.54, 1.807) is 25.3 Å². The van der Waals surface area contributed by atoms with Crippen LogP contribution in [-0.4, -0.2) is 32.1 Å². The van der Waals surface area contributed by atoms with Crippen LogP contribution in [0.15, 0.2) is 30.4 Å². The predicted octanol–water partition coefficient (Wildman–Crippen LogP) is 3.01. The Kier molecular flexibility index (Phi) is 6.62. The molecule has 2 N–H and O–H groups in total. The second-order valence-corrected chi connectivity index (χ2v) is 5.87. The van der Waals surface area contributed by atoms with E-state index in [1.807, 2.05) is 0 Å². The molecule has 124 valence electrons. The highest BCUT2D eigenvalue weighted by Crippen LogP contribution is 2.23. The van der Waals surface area contributed by atoms with E-state index in [9.17, 15) is 9.59 Å². The number of hydrogen-bond donors (Lipinski definition) is 2. The highest BCUT2D eigenvalue weighted by molar-refractivity contribution is 6.34. The summed E-state index contributed by atoms with van der Waals surface area (Å²) >= 11 is 6.14. The summed E-state index contributed by atoms with van der Waals surface area (Å²) in [5.74, 6) is 0.00670. The molecule has 5 nitrogen and oxygen atoms in total. The van der Waals surface area contributed by atoms with Crippen molar-refractivity contribution in [2.75, 3.05) is 25.6 Å². The minimum absolute atomic E-state index is 0.0464. The summed E-state index contributed by atoms with van der Waals surface area (Å²) in [6, 6.07) is 4.88. The zero-order valence-corrected chi connectivity index (χ0v) is 13.9. The van der Waals surface area contributed by atoms with Crippen LogP contribution < -0.4 is 10.6 Å². The van der Waals surface area contributed by atoms with E-state index in [1.165, 1.54) is 0 Å². The summed E-state index contributed by atoms with van der Waals surface area (Å²) in [7, 11) is 1.57. The van der Waals surface area contributed by atoms with Gasteiger partial charge in [0.2, 0.25) is 5.91 Å². The molecule has 0 fully saturated rings. The molecule has 1 atom stereocenters. The van der Waals surface area contributed by atoms with E-state index < -0.39 is 0 Å². The highest BCUT2D eigenvalue weighted by atomic mass is 35.5. The fraction of sp³-hybridized carbons (Fsp3) is 0.412. The number of amides is 2. The molecule has 1 aromatic carbocycles. The summed E-state index contributed by atoms with van der Waals surface area (Å²) in [4.78, 5) is 23.9. The van der Waals surface area contributed by atoms with Gasteiger partial charge in [-0.25, -0.2) is 0 Å². The normalized spacial score (nSPS) is 16.3. The monoisotopic (exact) mass is 336 g/mol.